The Hall–Kier alpha value is -2.78. The second-order valence-electron chi connectivity index (χ2n) is 7.96. The zero-order valence-electron chi connectivity index (χ0n) is 18.9. The van der Waals surface area contributed by atoms with Crippen molar-refractivity contribution in [3.8, 4) is 0 Å². The Morgan fingerprint density at radius 2 is 1.66 bits per heavy atom. The number of hydrogen-bond donors (Lipinski definition) is 1. The van der Waals surface area contributed by atoms with Gasteiger partial charge in [0.2, 0.25) is 5.91 Å². The number of carbonyl (C=O) groups excluding carboxylic acids is 1. The van der Waals surface area contributed by atoms with Crippen molar-refractivity contribution >= 4 is 50.5 Å². The van der Waals surface area contributed by atoms with Gasteiger partial charge in [0, 0.05) is 30.3 Å². The maximum absolute atomic E-state index is 13.4. The maximum atomic E-state index is 13.4. The highest BCUT2D eigenvalue weighted by Crippen LogP contribution is 2.32. The predicted octanol–water partition coefficient (Wildman–Crippen LogP) is 4.34. The second kappa shape index (κ2) is 11.3. The molecule has 0 unspecified atom stereocenters. The first-order valence-corrected chi connectivity index (χ1v) is 13.3. The van der Waals surface area contributed by atoms with E-state index in [1.165, 1.54) is 30.3 Å². The van der Waals surface area contributed by atoms with E-state index in [2.05, 4.69) is 10.2 Å². The molecule has 1 aliphatic rings. The van der Waals surface area contributed by atoms with Crippen LogP contribution in [-0.2, 0) is 26.1 Å². The number of carbonyl (C=O) groups is 1. The van der Waals surface area contributed by atoms with Crippen LogP contribution in [0.25, 0.3) is 0 Å². The average molecular weight is 534 g/mol. The Bertz CT molecular complexity index is 1270. The van der Waals surface area contributed by atoms with Gasteiger partial charge in [-0.1, -0.05) is 53.5 Å². The lowest BCUT2D eigenvalue weighted by Crippen LogP contribution is -2.40. The number of amides is 1. The molecule has 10 heteroatoms. The summed E-state index contributed by atoms with van der Waals surface area (Å²) in [5.74, 6) is -0.465. The molecule has 4 rings (SSSR count). The minimum Gasteiger partial charge on any atom is -0.378 e. The zero-order valence-corrected chi connectivity index (χ0v) is 21.2. The van der Waals surface area contributed by atoms with Crippen LogP contribution >= 0.6 is 23.2 Å². The molecule has 3 aromatic rings. The Morgan fingerprint density at radius 3 is 2.31 bits per heavy atom. The van der Waals surface area contributed by atoms with Crippen molar-refractivity contribution in [1.29, 1.82) is 0 Å². The molecule has 0 atom stereocenters. The molecule has 1 N–H and O–H groups in total. The number of sulfonamides is 1. The lowest BCUT2D eigenvalue weighted by molar-refractivity contribution is -0.119. The Morgan fingerprint density at radius 1 is 0.971 bits per heavy atom. The van der Waals surface area contributed by atoms with Crippen molar-refractivity contribution in [3.05, 3.63) is 88.4 Å². The van der Waals surface area contributed by atoms with Gasteiger partial charge in [-0.25, -0.2) is 8.42 Å². The van der Waals surface area contributed by atoms with Gasteiger partial charge in [0.25, 0.3) is 10.0 Å². The molecule has 184 valence electrons. The third-order valence-corrected chi connectivity index (χ3v) is 7.91. The minimum absolute atomic E-state index is 0.0533. The SMILES string of the molecule is O=C(CN(c1ccc(Cl)cc1Cl)S(=O)(=O)c1ccccc1)NCc1ccc(N2CCOCC2)cc1. The van der Waals surface area contributed by atoms with E-state index in [4.69, 9.17) is 27.9 Å². The molecular formula is C25H25Cl2N3O4S. The van der Waals surface area contributed by atoms with Crippen molar-refractivity contribution < 1.29 is 17.9 Å². The minimum atomic E-state index is -4.06. The maximum Gasteiger partial charge on any atom is 0.264 e. The summed E-state index contributed by atoms with van der Waals surface area (Å²) in [6, 6.07) is 20.3. The molecule has 7 nitrogen and oxygen atoms in total. The molecule has 1 fully saturated rings. The van der Waals surface area contributed by atoms with Crippen LogP contribution in [-0.4, -0.2) is 47.2 Å². The summed E-state index contributed by atoms with van der Waals surface area (Å²) in [6.07, 6.45) is 0. The van der Waals surface area contributed by atoms with Gasteiger partial charge >= 0.3 is 0 Å². The van der Waals surface area contributed by atoms with Crippen molar-refractivity contribution in [2.45, 2.75) is 11.4 Å². The predicted molar refractivity (Wildman–Crippen MR) is 139 cm³/mol. The number of ether oxygens (including phenoxy) is 1. The first-order valence-electron chi connectivity index (χ1n) is 11.1. The van der Waals surface area contributed by atoms with Gasteiger partial charge in [-0.2, -0.15) is 0 Å². The number of anilines is 2. The van der Waals surface area contributed by atoms with Crippen molar-refractivity contribution in [2.75, 3.05) is 42.1 Å². The monoisotopic (exact) mass is 533 g/mol. The number of morpholine rings is 1. The topological polar surface area (TPSA) is 79.0 Å². The molecule has 0 saturated carbocycles. The van der Waals surface area contributed by atoms with Crippen LogP contribution in [0, 0.1) is 0 Å². The highest BCUT2D eigenvalue weighted by Gasteiger charge is 2.28. The number of halogens is 2. The molecular weight excluding hydrogens is 509 g/mol. The summed E-state index contributed by atoms with van der Waals surface area (Å²) in [5, 5.41) is 3.29. The zero-order chi connectivity index (χ0) is 24.8. The molecule has 0 bridgehead atoms. The van der Waals surface area contributed by atoms with Crippen LogP contribution in [0.4, 0.5) is 11.4 Å². The standard InChI is InChI=1S/C25H25Cl2N3O4S/c26-20-8-11-24(23(27)16-20)30(35(32,33)22-4-2-1-3-5-22)18-25(31)28-17-19-6-9-21(10-7-19)29-12-14-34-15-13-29/h1-11,16H,12-15,17-18H2,(H,28,31). The summed E-state index contributed by atoms with van der Waals surface area (Å²) < 4.78 is 33.2. The molecule has 3 aromatic carbocycles. The van der Waals surface area contributed by atoms with Gasteiger partial charge in [-0.05, 0) is 48.0 Å². The van der Waals surface area contributed by atoms with E-state index in [0.29, 0.717) is 18.2 Å². The first kappa shape index (κ1) is 25.3. The quantitative estimate of drug-likeness (QED) is 0.465. The van der Waals surface area contributed by atoms with Crippen LogP contribution in [0.15, 0.2) is 77.7 Å². The van der Waals surface area contributed by atoms with Crippen LogP contribution in [0.1, 0.15) is 5.56 Å². The number of hydrogen-bond acceptors (Lipinski definition) is 5. The molecule has 1 saturated heterocycles. The Balaban J connectivity index is 1.48. The number of rotatable bonds is 8. The largest absolute Gasteiger partial charge is 0.378 e. The summed E-state index contributed by atoms with van der Waals surface area (Å²) in [4.78, 5) is 15.2. The molecule has 0 aromatic heterocycles. The van der Waals surface area contributed by atoms with Gasteiger partial charge in [0.05, 0.1) is 28.8 Å². The van der Waals surface area contributed by atoms with Crippen molar-refractivity contribution in [3.63, 3.8) is 0 Å². The third-order valence-electron chi connectivity index (χ3n) is 5.60. The van der Waals surface area contributed by atoms with E-state index >= 15 is 0 Å². The summed E-state index contributed by atoms with van der Waals surface area (Å²) in [7, 11) is -4.06. The van der Waals surface area contributed by atoms with Crippen LogP contribution in [0.5, 0.6) is 0 Å². The van der Waals surface area contributed by atoms with Crippen molar-refractivity contribution in [1.82, 2.24) is 5.32 Å². The highest BCUT2D eigenvalue weighted by atomic mass is 35.5. The molecule has 0 radical (unpaired) electrons. The van der Waals surface area contributed by atoms with Gasteiger partial charge in [0.15, 0.2) is 0 Å². The van der Waals surface area contributed by atoms with E-state index in [0.717, 1.165) is 28.6 Å². The van der Waals surface area contributed by atoms with Gasteiger partial charge in [-0.15, -0.1) is 0 Å². The molecule has 1 aliphatic heterocycles. The fourth-order valence-corrected chi connectivity index (χ4v) is 5.76. The number of nitrogens with zero attached hydrogens (tertiary/aromatic N) is 2. The fourth-order valence-electron chi connectivity index (χ4n) is 3.74. The molecule has 35 heavy (non-hydrogen) atoms. The first-order chi connectivity index (χ1) is 16.8. The van der Waals surface area contributed by atoms with E-state index in [-0.39, 0.29) is 22.2 Å². The summed E-state index contributed by atoms with van der Waals surface area (Å²) >= 11 is 12.3. The molecule has 0 aliphatic carbocycles. The van der Waals surface area contributed by atoms with E-state index in [1.54, 1.807) is 18.2 Å². The normalized spacial score (nSPS) is 13.9. The highest BCUT2D eigenvalue weighted by molar-refractivity contribution is 7.92. The molecule has 1 heterocycles. The molecule has 0 spiro atoms. The van der Waals surface area contributed by atoms with Gasteiger partial charge in [0.1, 0.15) is 6.54 Å². The van der Waals surface area contributed by atoms with Crippen LogP contribution < -0.4 is 14.5 Å². The van der Waals surface area contributed by atoms with Crippen LogP contribution in [0.3, 0.4) is 0 Å². The second-order valence-corrected chi connectivity index (χ2v) is 10.7. The van der Waals surface area contributed by atoms with E-state index < -0.39 is 22.5 Å². The lowest BCUT2D eigenvalue weighted by Gasteiger charge is -2.29. The third kappa shape index (κ3) is 6.27. The van der Waals surface area contributed by atoms with Gasteiger partial charge < -0.3 is 15.0 Å². The number of benzene rings is 3. The average Bonchev–Trinajstić information content (AvgIpc) is 2.88. The number of nitrogens with one attached hydrogen (secondary N) is 1. The Kier molecular flexibility index (Phi) is 8.18. The summed E-state index contributed by atoms with van der Waals surface area (Å²) in [6.45, 7) is 2.92. The lowest BCUT2D eigenvalue weighted by atomic mass is 10.2. The van der Waals surface area contributed by atoms with Crippen molar-refractivity contribution in [2.24, 2.45) is 0 Å². The fraction of sp³-hybridized carbons (Fsp3) is 0.240. The van der Waals surface area contributed by atoms with Gasteiger partial charge in [-0.3, -0.25) is 9.10 Å². The summed E-state index contributed by atoms with van der Waals surface area (Å²) in [5.41, 5.74) is 2.17. The van der Waals surface area contributed by atoms with E-state index in [1.807, 2.05) is 24.3 Å². The van der Waals surface area contributed by atoms with Crippen LogP contribution in [0.2, 0.25) is 10.0 Å². The Labute approximate surface area is 215 Å². The smallest absolute Gasteiger partial charge is 0.264 e. The van der Waals surface area contributed by atoms with E-state index in [9.17, 15) is 13.2 Å². The molecule has 1 amide bonds.